The third-order valence-electron chi connectivity index (χ3n) is 1.15. The molecule has 0 bridgehead atoms. The highest BCUT2D eigenvalue weighted by Crippen LogP contribution is 1.99. The first-order valence-corrected chi connectivity index (χ1v) is 5.04. The molecule has 0 rings (SSSR count). The molecule has 0 amide bonds. The second-order valence-corrected chi connectivity index (χ2v) is 3.48. The maximum absolute atomic E-state index is 10.0. The van der Waals surface area contributed by atoms with E-state index >= 15 is 0 Å². The average Bonchev–Trinajstić information content (AvgIpc) is 2.02. The average molecular weight is 193 g/mol. The van der Waals surface area contributed by atoms with Gasteiger partial charge in [0.2, 0.25) is 0 Å². The minimum atomic E-state index is -0.824. The van der Waals surface area contributed by atoms with E-state index in [-0.39, 0.29) is 13.2 Å². The molecule has 0 aromatic carbocycles. The third kappa shape index (κ3) is 9.74. The zero-order valence-corrected chi connectivity index (χ0v) is 7.77. The molecule has 4 nitrogen and oxygen atoms in total. The van der Waals surface area contributed by atoms with Crippen molar-refractivity contribution in [2.24, 2.45) is 0 Å². The topological polar surface area (TPSA) is 69.6 Å². The molecule has 0 saturated carbocycles. The molecule has 0 radical (unpaired) electrons. The summed E-state index contributed by atoms with van der Waals surface area (Å²) in [5.41, 5.74) is 0. The largest absolute Gasteiger partial charge is 0.480 e. The Morgan fingerprint density at radius 1 is 1.42 bits per heavy atom. The second-order valence-electron chi connectivity index (χ2n) is 2.26. The van der Waals surface area contributed by atoms with E-state index in [4.69, 9.17) is 10.2 Å². The van der Waals surface area contributed by atoms with Gasteiger partial charge in [-0.3, -0.25) is 4.79 Å². The van der Waals surface area contributed by atoms with Gasteiger partial charge in [-0.05, 0) is 12.2 Å². The highest BCUT2D eigenvalue weighted by Gasteiger charge is 1.94. The van der Waals surface area contributed by atoms with Crippen molar-refractivity contribution in [1.29, 1.82) is 0 Å². The van der Waals surface area contributed by atoms with Gasteiger partial charge in [-0.25, -0.2) is 0 Å². The first-order valence-electron chi connectivity index (χ1n) is 3.88. The number of hydrogen-bond donors (Lipinski definition) is 3. The van der Waals surface area contributed by atoms with E-state index in [1.807, 2.05) is 0 Å². The predicted molar refractivity (Wildman–Crippen MR) is 49.5 cm³/mol. The summed E-state index contributed by atoms with van der Waals surface area (Å²) >= 11 is 1.71. The molecule has 3 N–H and O–H groups in total. The Morgan fingerprint density at radius 2 is 2.17 bits per heavy atom. The lowest BCUT2D eigenvalue weighted by Gasteiger charge is -2.00. The molecule has 0 aliphatic heterocycles. The molecular weight excluding hydrogens is 178 g/mol. The molecule has 0 heterocycles. The van der Waals surface area contributed by atoms with Crippen LogP contribution in [0.1, 0.15) is 6.42 Å². The van der Waals surface area contributed by atoms with Crippen LogP contribution >= 0.6 is 11.8 Å². The van der Waals surface area contributed by atoms with E-state index in [0.717, 1.165) is 17.9 Å². The Bertz CT molecular complexity index is 121. The van der Waals surface area contributed by atoms with Gasteiger partial charge in [-0.15, -0.1) is 0 Å². The number of hydrogen-bond acceptors (Lipinski definition) is 4. The van der Waals surface area contributed by atoms with Crippen molar-refractivity contribution in [2.75, 3.05) is 31.2 Å². The SMILES string of the molecule is O=C(O)CNCCSCCCO. The molecule has 0 aliphatic rings. The number of carboxylic acid groups (broad SMARTS) is 1. The summed E-state index contributed by atoms with van der Waals surface area (Å²) in [6, 6.07) is 0. The lowest BCUT2D eigenvalue weighted by molar-refractivity contribution is -0.135. The van der Waals surface area contributed by atoms with Crippen molar-refractivity contribution in [1.82, 2.24) is 5.32 Å². The van der Waals surface area contributed by atoms with E-state index in [1.165, 1.54) is 0 Å². The zero-order valence-electron chi connectivity index (χ0n) is 6.95. The van der Waals surface area contributed by atoms with Gasteiger partial charge in [-0.1, -0.05) is 0 Å². The third-order valence-corrected chi connectivity index (χ3v) is 2.22. The Labute approximate surface area is 76.4 Å². The van der Waals surface area contributed by atoms with Crippen molar-refractivity contribution in [3.8, 4) is 0 Å². The van der Waals surface area contributed by atoms with E-state index in [2.05, 4.69) is 5.32 Å². The van der Waals surface area contributed by atoms with Crippen molar-refractivity contribution >= 4 is 17.7 Å². The van der Waals surface area contributed by atoms with Gasteiger partial charge in [0.1, 0.15) is 0 Å². The molecular formula is C7H15NO3S. The highest BCUT2D eigenvalue weighted by molar-refractivity contribution is 7.99. The number of nitrogens with one attached hydrogen (secondary N) is 1. The molecule has 0 fully saturated rings. The fraction of sp³-hybridized carbons (Fsp3) is 0.857. The first kappa shape index (κ1) is 11.7. The van der Waals surface area contributed by atoms with Crippen LogP contribution < -0.4 is 5.32 Å². The van der Waals surface area contributed by atoms with Crippen LogP contribution in [0.15, 0.2) is 0 Å². The summed E-state index contributed by atoms with van der Waals surface area (Å²) in [5.74, 6) is 1.01. The van der Waals surface area contributed by atoms with E-state index < -0.39 is 5.97 Å². The molecule has 5 heteroatoms. The number of aliphatic carboxylic acids is 1. The predicted octanol–water partition coefficient (Wildman–Crippen LogP) is -0.224. The molecule has 0 aromatic rings. The standard InChI is InChI=1S/C7H15NO3S/c9-3-1-4-12-5-2-8-6-7(10)11/h8-9H,1-6H2,(H,10,11). The minimum absolute atomic E-state index is 0.0283. The highest BCUT2D eigenvalue weighted by atomic mass is 32.2. The first-order chi connectivity index (χ1) is 5.77. The second kappa shape index (κ2) is 8.83. The number of carboxylic acids is 1. The van der Waals surface area contributed by atoms with Gasteiger partial charge in [0.15, 0.2) is 0 Å². The molecule has 12 heavy (non-hydrogen) atoms. The van der Waals surface area contributed by atoms with Gasteiger partial charge in [0.05, 0.1) is 6.54 Å². The maximum atomic E-state index is 10.0. The number of thioether (sulfide) groups is 1. The van der Waals surface area contributed by atoms with Crippen molar-refractivity contribution < 1.29 is 15.0 Å². The van der Waals surface area contributed by atoms with Crippen LogP contribution in [0.3, 0.4) is 0 Å². The Morgan fingerprint density at radius 3 is 2.75 bits per heavy atom. The Balaban J connectivity index is 2.86. The van der Waals surface area contributed by atoms with Crippen molar-refractivity contribution in [3.05, 3.63) is 0 Å². The number of carbonyl (C=O) groups is 1. The van der Waals surface area contributed by atoms with E-state index in [1.54, 1.807) is 11.8 Å². The van der Waals surface area contributed by atoms with Crippen LogP contribution in [0.25, 0.3) is 0 Å². The summed E-state index contributed by atoms with van der Waals surface area (Å²) < 4.78 is 0. The molecule has 0 spiro atoms. The molecule has 72 valence electrons. The van der Waals surface area contributed by atoms with Gasteiger partial charge in [-0.2, -0.15) is 11.8 Å². The Hall–Kier alpha value is -0.260. The lowest BCUT2D eigenvalue weighted by Crippen LogP contribution is -2.24. The maximum Gasteiger partial charge on any atom is 0.317 e. The Kier molecular flexibility index (Phi) is 8.64. The number of rotatable bonds is 8. The monoisotopic (exact) mass is 193 g/mol. The van der Waals surface area contributed by atoms with Crippen LogP contribution in [0.4, 0.5) is 0 Å². The summed E-state index contributed by atoms with van der Waals surface area (Å²) in [6.45, 7) is 0.971. The van der Waals surface area contributed by atoms with E-state index in [9.17, 15) is 4.79 Å². The fourth-order valence-corrected chi connectivity index (χ4v) is 1.43. The van der Waals surface area contributed by atoms with Gasteiger partial charge < -0.3 is 15.5 Å². The fourth-order valence-electron chi connectivity index (χ4n) is 0.608. The molecule has 0 aromatic heterocycles. The summed E-state index contributed by atoms with van der Waals surface area (Å²) in [6.07, 6.45) is 0.809. The minimum Gasteiger partial charge on any atom is -0.480 e. The lowest BCUT2D eigenvalue weighted by atomic mass is 10.5. The summed E-state index contributed by atoms with van der Waals surface area (Å²) in [4.78, 5) is 10.0. The van der Waals surface area contributed by atoms with Crippen LogP contribution in [-0.2, 0) is 4.79 Å². The van der Waals surface area contributed by atoms with Gasteiger partial charge in [0, 0.05) is 18.9 Å². The molecule has 0 aliphatic carbocycles. The summed E-state index contributed by atoms with van der Waals surface area (Å²) in [7, 11) is 0. The van der Waals surface area contributed by atoms with Crippen molar-refractivity contribution in [2.45, 2.75) is 6.42 Å². The van der Waals surface area contributed by atoms with Crippen LogP contribution in [0.2, 0.25) is 0 Å². The van der Waals surface area contributed by atoms with E-state index in [0.29, 0.717) is 6.54 Å². The number of aliphatic hydroxyl groups is 1. The molecule has 0 atom stereocenters. The van der Waals surface area contributed by atoms with Crippen LogP contribution in [-0.4, -0.2) is 47.4 Å². The van der Waals surface area contributed by atoms with Crippen molar-refractivity contribution in [3.63, 3.8) is 0 Å². The zero-order chi connectivity index (χ0) is 9.23. The van der Waals surface area contributed by atoms with Crippen LogP contribution in [0.5, 0.6) is 0 Å². The van der Waals surface area contributed by atoms with Gasteiger partial charge >= 0.3 is 5.97 Å². The molecule has 0 unspecified atom stereocenters. The van der Waals surface area contributed by atoms with Gasteiger partial charge in [0.25, 0.3) is 0 Å². The molecule has 0 saturated heterocycles. The van der Waals surface area contributed by atoms with Crippen LogP contribution in [0, 0.1) is 0 Å². The quantitative estimate of drug-likeness (QED) is 0.465. The smallest absolute Gasteiger partial charge is 0.317 e. The number of aliphatic hydroxyl groups excluding tert-OH is 1. The normalized spacial score (nSPS) is 10.1. The summed E-state index contributed by atoms with van der Waals surface area (Å²) in [5, 5.41) is 19.5.